The first-order valence-electron chi connectivity index (χ1n) is 4.35. The summed E-state index contributed by atoms with van der Waals surface area (Å²) >= 11 is 3.37. The quantitative estimate of drug-likeness (QED) is 0.826. The van der Waals surface area contributed by atoms with Crippen LogP contribution in [-0.4, -0.2) is 25.4 Å². The molecule has 4 heteroatoms. The van der Waals surface area contributed by atoms with Crippen LogP contribution in [0.3, 0.4) is 0 Å². The van der Waals surface area contributed by atoms with Crippen LogP contribution in [0.2, 0.25) is 0 Å². The number of aliphatic hydroxyl groups is 1. The van der Waals surface area contributed by atoms with Crippen molar-refractivity contribution in [3.05, 3.63) is 22.7 Å². The number of methoxy groups -OCH3 is 1. The molecule has 1 aromatic rings. The minimum absolute atomic E-state index is 0.147. The van der Waals surface area contributed by atoms with Gasteiger partial charge in [0.05, 0.1) is 18.2 Å². The van der Waals surface area contributed by atoms with Crippen molar-refractivity contribution >= 4 is 15.9 Å². The van der Waals surface area contributed by atoms with E-state index in [1.807, 2.05) is 18.2 Å². The van der Waals surface area contributed by atoms with Crippen LogP contribution >= 0.6 is 15.9 Å². The summed E-state index contributed by atoms with van der Waals surface area (Å²) in [5, 5.41) is 8.58. The summed E-state index contributed by atoms with van der Waals surface area (Å²) in [7, 11) is 1.62. The fourth-order valence-corrected chi connectivity index (χ4v) is 1.44. The van der Waals surface area contributed by atoms with E-state index in [4.69, 9.17) is 14.6 Å². The number of halogens is 1. The van der Waals surface area contributed by atoms with E-state index < -0.39 is 0 Å². The smallest absolute Gasteiger partial charge is 0.133 e. The molecule has 0 aliphatic rings. The second-order valence-corrected chi connectivity index (χ2v) is 3.58. The predicted octanol–water partition coefficient (Wildman–Crippen LogP) is 2.22. The Morgan fingerprint density at radius 3 is 2.79 bits per heavy atom. The van der Waals surface area contributed by atoms with Gasteiger partial charge in [-0.2, -0.15) is 0 Å². The normalized spacial score (nSPS) is 9.93. The van der Waals surface area contributed by atoms with Crippen molar-refractivity contribution < 1.29 is 14.6 Å². The number of benzene rings is 1. The Morgan fingerprint density at radius 2 is 2.21 bits per heavy atom. The standard InChI is InChI=1S/C10H13BrO3/c1-13-8-3-4-10(9(11)7-8)14-6-2-5-12/h3-4,7,12H,2,5-6H2,1H3. The Labute approximate surface area is 91.8 Å². The van der Waals surface area contributed by atoms with Crippen LogP contribution in [0.5, 0.6) is 11.5 Å². The fourth-order valence-electron chi connectivity index (χ4n) is 0.972. The molecule has 1 aromatic carbocycles. The van der Waals surface area contributed by atoms with Gasteiger partial charge in [-0.3, -0.25) is 0 Å². The highest BCUT2D eigenvalue weighted by Gasteiger charge is 2.02. The first kappa shape index (κ1) is 11.3. The van der Waals surface area contributed by atoms with Crippen molar-refractivity contribution in [2.75, 3.05) is 20.3 Å². The number of hydrogen-bond acceptors (Lipinski definition) is 3. The van der Waals surface area contributed by atoms with Gasteiger partial charge in [0.2, 0.25) is 0 Å². The first-order chi connectivity index (χ1) is 6.77. The van der Waals surface area contributed by atoms with Crippen LogP contribution in [0, 0.1) is 0 Å². The van der Waals surface area contributed by atoms with Gasteiger partial charge in [0.1, 0.15) is 11.5 Å². The monoisotopic (exact) mass is 260 g/mol. The summed E-state index contributed by atoms with van der Waals surface area (Å²) in [6, 6.07) is 5.51. The molecule has 0 heterocycles. The molecule has 0 amide bonds. The minimum Gasteiger partial charge on any atom is -0.497 e. The van der Waals surface area contributed by atoms with Gasteiger partial charge >= 0.3 is 0 Å². The lowest BCUT2D eigenvalue weighted by molar-refractivity contribution is 0.233. The highest BCUT2D eigenvalue weighted by Crippen LogP contribution is 2.28. The maximum atomic E-state index is 8.58. The molecule has 0 unspecified atom stereocenters. The molecule has 0 aliphatic heterocycles. The van der Waals surface area contributed by atoms with Gasteiger partial charge in [0.15, 0.2) is 0 Å². The molecule has 0 spiro atoms. The molecule has 3 nitrogen and oxygen atoms in total. The van der Waals surface area contributed by atoms with Crippen LogP contribution in [0.4, 0.5) is 0 Å². The maximum Gasteiger partial charge on any atom is 0.133 e. The van der Waals surface area contributed by atoms with Crippen molar-refractivity contribution in [1.29, 1.82) is 0 Å². The first-order valence-corrected chi connectivity index (χ1v) is 5.14. The van der Waals surface area contributed by atoms with Crippen molar-refractivity contribution in [3.63, 3.8) is 0 Å². The van der Waals surface area contributed by atoms with Gasteiger partial charge in [-0.1, -0.05) is 0 Å². The lowest BCUT2D eigenvalue weighted by atomic mass is 10.3. The number of aliphatic hydroxyl groups excluding tert-OH is 1. The second kappa shape index (κ2) is 5.88. The summed E-state index contributed by atoms with van der Waals surface area (Å²) in [6.45, 7) is 0.662. The summed E-state index contributed by atoms with van der Waals surface area (Å²) in [5.41, 5.74) is 0. The summed E-state index contributed by atoms with van der Waals surface area (Å²) in [4.78, 5) is 0. The zero-order valence-electron chi connectivity index (χ0n) is 8.00. The van der Waals surface area contributed by atoms with E-state index in [0.29, 0.717) is 13.0 Å². The zero-order chi connectivity index (χ0) is 10.4. The highest BCUT2D eigenvalue weighted by atomic mass is 79.9. The molecule has 0 aromatic heterocycles. The van der Waals surface area contributed by atoms with Crippen molar-refractivity contribution in [1.82, 2.24) is 0 Å². The van der Waals surface area contributed by atoms with Gasteiger partial charge < -0.3 is 14.6 Å². The number of rotatable bonds is 5. The third kappa shape index (κ3) is 3.20. The average molecular weight is 261 g/mol. The zero-order valence-corrected chi connectivity index (χ0v) is 9.58. The molecular weight excluding hydrogens is 248 g/mol. The average Bonchev–Trinajstić information content (AvgIpc) is 2.20. The van der Waals surface area contributed by atoms with Crippen molar-refractivity contribution in [3.8, 4) is 11.5 Å². The van der Waals surface area contributed by atoms with Crippen molar-refractivity contribution in [2.45, 2.75) is 6.42 Å². The molecular formula is C10H13BrO3. The van der Waals surface area contributed by atoms with Gasteiger partial charge in [-0.25, -0.2) is 0 Å². The van der Waals surface area contributed by atoms with E-state index in [0.717, 1.165) is 16.0 Å². The highest BCUT2D eigenvalue weighted by molar-refractivity contribution is 9.10. The summed E-state index contributed by atoms with van der Waals surface area (Å²) in [5.74, 6) is 1.55. The van der Waals surface area contributed by atoms with Gasteiger partial charge in [-0.05, 0) is 34.1 Å². The Balaban J connectivity index is 2.59. The lowest BCUT2D eigenvalue weighted by Crippen LogP contribution is -2.00. The Hall–Kier alpha value is -0.740. The van der Waals surface area contributed by atoms with Crippen LogP contribution in [0.25, 0.3) is 0 Å². The van der Waals surface area contributed by atoms with E-state index in [-0.39, 0.29) is 6.61 Å². The molecule has 0 fully saturated rings. The summed E-state index contributed by atoms with van der Waals surface area (Å²) in [6.07, 6.45) is 0.637. The number of hydrogen-bond donors (Lipinski definition) is 1. The maximum absolute atomic E-state index is 8.58. The van der Waals surface area contributed by atoms with Crippen LogP contribution in [0.15, 0.2) is 22.7 Å². The molecule has 14 heavy (non-hydrogen) atoms. The third-order valence-corrected chi connectivity index (χ3v) is 2.32. The third-order valence-electron chi connectivity index (χ3n) is 1.70. The summed E-state index contributed by atoms with van der Waals surface area (Å²) < 4.78 is 11.3. The molecule has 1 N–H and O–H groups in total. The van der Waals surface area contributed by atoms with E-state index >= 15 is 0 Å². The van der Waals surface area contributed by atoms with Crippen LogP contribution in [0.1, 0.15) is 6.42 Å². The SMILES string of the molecule is COc1ccc(OCCCO)c(Br)c1. The molecule has 78 valence electrons. The minimum atomic E-state index is 0.147. The van der Waals surface area contributed by atoms with E-state index in [2.05, 4.69) is 15.9 Å². The number of ether oxygens (including phenoxy) is 2. The molecule has 0 bridgehead atoms. The topological polar surface area (TPSA) is 38.7 Å². The fraction of sp³-hybridized carbons (Fsp3) is 0.400. The van der Waals surface area contributed by atoms with E-state index in [1.54, 1.807) is 7.11 Å². The van der Waals surface area contributed by atoms with Gasteiger partial charge in [0, 0.05) is 13.0 Å². The lowest BCUT2D eigenvalue weighted by Gasteiger charge is -2.08. The second-order valence-electron chi connectivity index (χ2n) is 2.72. The molecule has 0 aliphatic carbocycles. The molecule has 1 rings (SSSR count). The Bertz CT molecular complexity index is 289. The van der Waals surface area contributed by atoms with Gasteiger partial charge in [-0.15, -0.1) is 0 Å². The van der Waals surface area contributed by atoms with Crippen molar-refractivity contribution in [2.24, 2.45) is 0 Å². The molecule has 0 radical (unpaired) electrons. The largest absolute Gasteiger partial charge is 0.497 e. The van der Waals surface area contributed by atoms with Gasteiger partial charge in [0.25, 0.3) is 0 Å². The molecule has 0 atom stereocenters. The van der Waals surface area contributed by atoms with E-state index in [9.17, 15) is 0 Å². The Kier molecular flexibility index (Phi) is 4.76. The van der Waals surface area contributed by atoms with Crippen LogP contribution < -0.4 is 9.47 Å². The predicted molar refractivity (Wildman–Crippen MR) is 57.9 cm³/mol. The van der Waals surface area contributed by atoms with E-state index in [1.165, 1.54) is 0 Å². The molecule has 0 saturated carbocycles. The molecule has 0 saturated heterocycles. The Morgan fingerprint density at radius 1 is 1.43 bits per heavy atom. The van der Waals surface area contributed by atoms with Crippen LogP contribution in [-0.2, 0) is 0 Å².